The third kappa shape index (κ3) is 5.78. The molecule has 0 saturated heterocycles. The molecule has 0 spiro atoms. The lowest BCUT2D eigenvalue weighted by molar-refractivity contribution is -0.121. The minimum atomic E-state index is -3.85. The number of nitrogens with zero attached hydrogens (tertiary/aromatic N) is 3. The Balaban J connectivity index is 1.64. The fourth-order valence-corrected chi connectivity index (χ4v) is 4.15. The Bertz CT molecular complexity index is 997. The molecule has 0 aliphatic rings. The van der Waals surface area contributed by atoms with Crippen molar-refractivity contribution in [3.05, 3.63) is 72.7 Å². The van der Waals surface area contributed by atoms with Crippen LogP contribution in [-0.4, -0.2) is 41.3 Å². The minimum Gasteiger partial charge on any atom is -0.468 e. The highest BCUT2D eigenvalue weighted by Crippen LogP contribution is 2.19. The fraction of sp³-hybridized carbons (Fsp3) is 0.300. The number of nitrogens with one attached hydrogen (secondary N) is 1. The zero-order valence-electron chi connectivity index (χ0n) is 16.2. The molecule has 3 aromatic rings. The predicted octanol–water partition coefficient (Wildman–Crippen LogP) is 2.18. The first kappa shape index (κ1) is 20.8. The predicted molar refractivity (Wildman–Crippen MR) is 107 cm³/mol. The molecule has 154 valence electrons. The van der Waals surface area contributed by atoms with Crippen LogP contribution in [0.25, 0.3) is 0 Å². The second-order valence-electron chi connectivity index (χ2n) is 6.67. The molecule has 0 saturated carbocycles. The van der Waals surface area contributed by atoms with Crippen LogP contribution >= 0.6 is 0 Å². The van der Waals surface area contributed by atoms with Crippen molar-refractivity contribution in [1.29, 1.82) is 0 Å². The van der Waals surface area contributed by atoms with E-state index in [0.29, 0.717) is 18.7 Å². The molecule has 1 N–H and O–H groups in total. The molecule has 29 heavy (non-hydrogen) atoms. The molecule has 2 aromatic heterocycles. The molecule has 0 aliphatic carbocycles. The Hall–Kier alpha value is -2.91. The highest BCUT2D eigenvalue weighted by atomic mass is 32.2. The van der Waals surface area contributed by atoms with E-state index in [1.807, 2.05) is 17.7 Å². The van der Waals surface area contributed by atoms with E-state index in [4.69, 9.17) is 4.42 Å². The summed E-state index contributed by atoms with van der Waals surface area (Å²) < 4.78 is 34.5. The number of sulfonamides is 1. The summed E-state index contributed by atoms with van der Waals surface area (Å²) >= 11 is 0. The molecule has 9 heteroatoms. The number of aromatic nitrogens is 2. The van der Waals surface area contributed by atoms with Crippen molar-refractivity contribution in [2.75, 3.05) is 13.1 Å². The van der Waals surface area contributed by atoms with Gasteiger partial charge in [-0.05, 0) is 37.6 Å². The van der Waals surface area contributed by atoms with Gasteiger partial charge in [0.05, 0.1) is 30.6 Å². The van der Waals surface area contributed by atoms with Gasteiger partial charge in [0.2, 0.25) is 15.9 Å². The van der Waals surface area contributed by atoms with Gasteiger partial charge in [0, 0.05) is 25.5 Å². The van der Waals surface area contributed by atoms with E-state index in [9.17, 15) is 13.2 Å². The van der Waals surface area contributed by atoms with E-state index in [1.54, 1.807) is 48.9 Å². The summed E-state index contributed by atoms with van der Waals surface area (Å²) in [4.78, 5) is 16.5. The zero-order chi connectivity index (χ0) is 20.7. The van der Waals surface area contributed by atoms with E-state index in [0.717, 1.165) is 16.4 Å². The van der Waals surface area contributed by atoms with E-state index in [2.05, 4.69) is 10.3 Å². The molecule has 3 rings (SSSR count). The standard InChI is InChI=1S/C20H24N4O4S/c1-17-5-7-19(8-6-17)29(26,27)24(14-18-4-2-13-28-18)15-20(25)22-9-3-11-23-12-10-21-16-23/h2,4-8,10,12-13,16H,3,9,11,14-15H2,1H3,(H,22,25). The summed E-state index contributed by atoms with van der Waals surface area (Å²) in [6.07, 6.45) is 7.44. The number of rotatable bonds is 10. The molecule has 1 aromatic carbocycles. The lowest BCUT2D eigenvalue weighted by Crippen LogP contribution is -2.40. The molecule has 1 amide bonds. The summed E-state index contributed by atoms with van der Waals surface area (Å²) in [5.41, 5.74) is 0.956. The first-order chi connectivity index (χ1) is 13.9. The summed E-state index contributed by atoms with van der Waals surface area (Å²) in [6.45, 7) is 2.73. The molecule has 8 nitrogen and oxygen atoms in total. The quantitative estimate of drug-likeness (QED) is 0.511. The number of furan rings is 1. The maximum atomic E-state index is 13.1. The van der Waals surface area contributed by atoms with Crippen LogP contribution in [0.3, 0.4) is 0 Å². The van der Waals surface area contributed by atoms with Crippen LogP contribution in [0.2, 0.25) is 0 Å². The highest BCUT2D eigenvalue weighted by Gasteiger charge is 2.27. The highest BCUT2D eigenvalue weighted by molar-refractivity contribution is 7.89. The average molecular weight is 417 g/mol. The Labute approximate surface area is 170 Å². The first-order valence-corrected chi connectivity index (χ1v) is 10.7. The molecule has 0 aliphatic heterocycles. The number of imidazole rings is 1. The number of amides is 1. The zero-order valence-corrected chi connectivity index (χ0v) is 17.0. The Morgan fingerprint density at radius 1 is 1.24 bits per heavy atom. The van der Waals surface area contributed by atoms with Crippen LogP contribution in [0.15, 0.2) is 70.7 Å². The SMILES string of the molecule is Cc1ccc(S(=O)(=O)N(CC(=O)NCCCn2ccnc2)Cc2ccco2)cc1. The summed E-state index contributed by atoms with van der Waals surface area (Å²) in [5.74, 6) is 0.103. The van der Waals surface area contributed by atoms with E-state index in [-0.39, 0.29) is 23.9 Å². The van der Waals surface area contributed by atoms with Crippen molar-refractivity contribution in [2.24, 2.45) is 0 Å². The van der Waals surface area contributed by atoms with Crippen molar-refractivity contribution in [3.63, 3.8) is 0 Å². The first-order valence-electron chi connectivity index (χ1n) is 9.27. The van der Waals surface area contributed by atoms with E-state index < -0.39 is 10.0 Å². The number of hydrogen-bond acceptors (Lipinski definition) is 5. The van der Waals surface area contributed by atoms with Crippen LogP contribution in [-0.2, 0) is 27.9 Å². The molecule has 0 radical (unpaired) electrons. The van der Waals surface area contributed by atoms with Gasteiger partial charge in [0.15, 0.2) is 0 Å². The molecule has 0 atom stereocenters. The Kier molecular flexibility index (Phi) is 6.84. The topological polar surface area (TPSA) is 97.4 Å². The van der Waals surface area contributed by atoms with Crippen molar-refractivity contribution >= 4 is 15.9 Å². The molecular weight excluding hydrogens is 392 g/mol. The van der Waals surface area contributed by atoms with E-state index in [1.165, 1.54) is 6.26 Å². The second kappa shape index (κ2) is 9.53. The monoisotopic (exact) mass is 416 g/mol. The van der Waals surface area contributed by atoms with Crippen molar-refractivity contribution in [3.8, 4) is 0 Å². The number of carbonyl (C=O) groups excluding carboxylic acids is 1. The van der Waals surface area contributed by atoms with Crippen LogP contribution in [0.1, 0.15) is 17.7 Å². The number of aryl methyl sites for hydroxylation is 2. The molecular formula is C20H24N4O4S. The molecule has 0 fully saturated rings. The van der Waals surface area contributed by atoms with Gasteiger partial charge >= 0.3 is 0 Å². The molecule has 0 unspecified atom stereocenters. The van der Waals surface area contributed by atoms with Gasteiger partial charge < -0.3 is 14.3 Å². The van der Waals surface area contributed by atoms with Gasteiger partial charge in [-0.2, -0.15) is 4.31 Å². The third-order valence-corrected chi connectivity index (χ3v) is 6.17. The minimum absolute atomic E-state index is 0.0222. The smallest absolute Gasteiger partial charge is 0.243 e. The maximum Gasteiger partial charge on any atom is 0.243 e. The number of carbonyl (C=O) groups is 1. The van der Waals surface area contributed by atoms with Gasteiger partial charge in [0.1, 0.15) is 5.76 Å². The van der Waals surface area contributed by atoms with Crippen LogP contribution in [0, 0.1) is 6.92 Å². The maximum absolute atomic E-state index is 13.1. The fourth-order valence-electron chi connectivity index (χ4n) is 2.79. The lowest BCUT2D eigenvalue weighted by atomic mass is 10.2. The van der Waals surface area contributed by atoms with Crippen molar-refractivity contribution in [2.45, 2.75) is 31.3 Å². The van der Waals surface area contributed by atoms with Gasteiger partial charge in [-0.15, -0.1) is 0 Å². The van der Waals surface area contributed by atoms with Gasteiger partial charge in [-0.1, -0.05) is 17.7 Å². The van der Waals surface area contributed by atoms with Gasteiger partial charge in [-0.25, -0.2) is 13.4 Å². The van der Waals surface area contributed by atoms with Crippen LogP contribution in [0.4, 0.5) is 0 Å². The third-order valence-electron chi connectivity index (χ3n) is 4.37. The average Bonchev–Trinajstić information content (AvgIpc) is 3.39. The van der Waals surface area contributed by atoms with Crippen molar-refractivity contribution in [1.82, 2.24) is 19.2 Å². The van der Waals surface area contributed by atoms with Crippen molar-refractivity contribution < 1.29 is 17.6 Å². The Morgan fingerprint density at radius 3 is 2.69 bits per heavy atom. The van der Waals surface area contributed by atoms with Gasteiger partial charge in [0.25, 0.3) is 0 Å². The second-order valence-corrected chi connectivity index (χ2v) is 8.61. The summed E-state index contributed by atoms with van der Waals surface area (Å²) in [5, 5.41) is 2.78. The summed E-state index contributed by atoms with van der Waals surface area (Å²) in [6, 6.07) is 9.91. The Morgan fingerprint density at radius 2 is 2.03 bits per heavy atom. The van der Waals surface area contributed by atoms with Crippen LogP contribution < -0.4 is 5.32 Å². The normalized spacial score (nSPS) is 11.7. The number of benzene rings is 1. The largest absolute Gasteiger partial charge is 0.468 e. The molecule has 0 bridgehead atoms. The molecule has 2 heterocycles. The number of hydrogen-bond donors (Lipinski definition) is 1. The van der Waals surface area contributed by atoms with E-state index >= 15 is 0 Å². The van der Waals surface area contributed by atoms with Crippen LogP contribution in [0.5, 0.6) is 0 Å². The summed E-state index contributed by atoms with van der Waals surface area (Å²) in [7, 11) is -3.85. The lowest BCUT2D eigenvalue weighted by Gasteiger charge is -2.21. The van der Waals surface area contributed by atoms with Gasteiger partial charge in [-0.3, -0.25) is 4.79 Å².